The topological polar surface area (TPSA) is 55.4 Å². The number of morpholine rings is 1. The number of benzene rings is 1. The van der Waals surface area contributed by atoms with E-state index in [-0.39, 0.29) is 5.75 Å². The SMILES string of the molecule is O=S1(=O)CCC2(CNCCO2)c2ccccc21. The van der Waals surface area contributed by atoms with Crippen molar-refractivity contribution >= 4 is 9.84 Å². The minimum Gasteiger partial charge on any atom is -0.368 e. The molecule has 0 radical (unpaired) electrons. The van der Waals surface area contributed by atoms with E-state index < -0.39 is 15.4 Å². The molecule has 1 fully saturated rings. The minimum atomic E-state index is -3.13. The quantitative estimate of drug-likeness (QED) is 0.738. The Morgan fingerprint density at radius 2 is 2.12 bits per heavy atom. The number of ether oxygens (including phenoxy) is 1. The van der Waals surface area contributed by atoms with Crippen LogP contribution in [0.5, 0.6) is 0 Å². The smallest absolute Gasteiger partial charge is 0.178 e. The Morgan fingerprint density at radius 1 is 1.29 bits per heavy atom. The van der Waals surface area contributed by atoms with Gasteiger partial charge in [-0.1, -0.05) is 18.2 Å². The highest BCUT2D eigenvalue weighted by molar-refractivity contribution is 7.91. The molecular formula is C12H15NO3S. The molecule has 1 aromatic carbocycles. The lowest BCUT2D eigenvalue weighted by atomic mass is 9.89. The second kappa shape index (κ2) is 3.80. The summed E-state index contributed by atoms with van der Waals surface area (Å²) in [5, 5.41) is 3.29. The molecule has 2 heterocycles. The van der Waals surface area contributed by atoms with Crippen LogP contribution in [-0.2, 0) is 20.2 Å². The van der Waals surface area contributed by atoms with Crippen molar-refractivity contribution in [3.05, 3.63) is 29.8 Å². The molecule has 5 heteroatoms. The van der Waals surface area contributed by atoms with Crippen molar-refractivity contribution < 1.29 is 13.2 Å². The van der Waals surface area contributed by atoms with Crippen molar-refractivity contribution in [2.45, 2.75) is 16.9 Å². The Morgan fingerprint density at radius 3 is 2.88 bits per heavy atom. The summed E-state index contributed by atoms with van der Waals surface area (Å²) in [6.07, 6.45) is 0.541. The zero-order valence-corrected chi connectivity index (χ0v) is 10.3. The minimum absolute atomic E-state index is 0.172. The first-order chi connectivity index (χ1) is 8.14. The van der Waals surface area contributed by atoms with Crippen molar-refractivity contribution in [2.75, 3.05) is 25.4 Å². The van der Waals surface area contributed by atoms with Crippen LogP contribution in [0.4, 0.5) is 0 Å². The Labute approximate surface area is 101 Å². The van der Waals surface area contributed by atoms with Crippen LogP contribution in [-0.4, -0.2) is 33.9 Å². The summed E-state index contributed by atoms with van der Waals surface area (Å²) in [5.74, 6) is 0.172. The Balaban J connectivity index is 2.17. The van der Waals surface area contributed by atoms with E-state index in [2.05, 4.69) is 5.32 Å². The van der Waals surface area contributed by atoms with E-state index in [1.165, 1.54) is 0 Å². The monoisotopic (exact) mass is 253 g/mol. The number of nitrogens with one attached hydrogen (secondary N) is 1. The van der Waals surface area contributed by atoms with Crippen LogP contribution in [0.2, 0.25) is 0 Å². The van der Waals surface area contributed by atoms with Crippen LogP contribution in [0, 0.1) is 0 Å². The molecule has 0 bridgehead atoms. The largest absolute Gasteiger partial charge is 0.368 e. The molecule has 1 aromatic rings. The summed E-state index contributed by atoms with van der Waals surface area (Å²) in [6.45, 7) is 2.16. The van der Waals surface area contributed by atoms with Gasteiger partial charge in [0.1, 0.15) is 5.60 Å². The molecule has 0 aliphatic carbocycles. The van der Waals surface area contributed by atoms with Gasteiger partial charge < -0.3 is 10.1 Å². The average Bonchev–Trinajstić information content (AvgIpc) is 2.37. The predicted molar refractivity (Wildman–Crippen MR) is 63.6 cm³/mol. The molecule has 4 nitrogen and oxygen atoms in total. The van der Waals surface area contributed by atoms with Gasteiger partial charge in [-0.25, -0.2) is 8.42 Å². The molecule has 1 unspecified atom stereocenters. The fourth-order valence-electron chi connectivity index (χ4n) is 2.65. The molecule has 1 saturated heterocycles. The van der Waals surface area contributed by atoms with E-state index in [1.54, 1.807) is 12.1 Å². The summed E-state index contributed by atoms with van der Waals surface area (Å²) in [4.78, 5) is 0.440. The molecule has 1 atom stereocenters. The van der Waals surface area contributed by atoms with E-state index in [4.69, 9.17) is 4.74 Å². The fourth-order valence-corrected chi connectivity index (χ4v) is 4.34. The highest BCUT2D eigenvalue weighted by atomic mass is 32.2. The van der Waals surface area contributed by atoms with Gasteiger partial charge in [0.2, 0.25) is 0 Å². The van der Waals surface area contributed by atoms with E-state index >= 15 is 0 Å². The van der Waals surface area contributed by atoms with Gasteiger partial charge >= 0.3 is 0 Å². The molecular weight excluding hydrogens is 238 g/mol. The normalized spacial score (nSPS) is 31.1. The van der Waals surface area contributed by atoms with E-state index in [0.29, 0.717) is 24.5 Å². The fraction of sp³-hybridized carbons (Fsp3) is 0.500. The van der Waals surface area contributed by atoms with Crippen molar-refractivity contribution in [2.24, 2.45) is 0 Å². The summed E-state index contributed by atoms with van der Waals surface area (Å²) >= 11 is 0. The lowest BCUT2D eigenvalue weighted by Gasteiger charge is -2.41. The standard InChI is InChI=1S/C12H15NO3S/c14-17(15)8-5-12(9-13-6-7-16-12)10-3-1-2-4-11(10)17/h1-4,13H,5-9H2. The van der Waals surface area contributed by atoms with Gasteiger partial charge in [0.25, 0.3) is 0 Å². The molecule has 1 N–H and O–H groups in total. The van der Waals surface area contributed by atoms with Crippen LogP contribution < -0.4 is 5.32 Å². The van der Waals surface area contributed by atoms with Crippen molar-refractivity contribution in [3.63, 3.8) is 0 Å². The average molecular weight is 253 g/mol. The van der Waals surface area contributed by atoms with Gasteiger partial charge in [-0.15, -0.1) is 0 Å². The maximum absolute atomic E-state index is 12.0. The Kier molecular flexibility index (Phi) is 2.50. The van der Waals surface area contributed by atoms with E-state index in [1.807, 2.05) is 12.1 Å². The highest BCUT2D eigenvalue weighted by Crippen LogP contribution is 2.40. The van der Waals surface area contributed by atoms with Crippen molar-refractivity contribution in [1.29, 1.82) is 0 Å². The molecule has 3 rings (SSSR count). The number of hydrogen-bond donors (Lipinski definition) is 1. The third kappa shape index (κ3) is 1.69. The number of fused-ring (bicyclic) bond motifs is 2. The molecule has 1 spiro atoms. The maximum atomic E-state index is 12.0. The molecule has 0 saturated carbocycles. The Hall–Kier alpha value is -0.910. The van der Waals surface area contributed by atoms with Crippen LogP contribution in [0.15, 0.2) is 29.2 Å². The van der Waals surface area contributed by atoms with Gasteiger partial charge in [0, 0.05) is 18.7 Å². The van der Waals surface area contributed by atoms with Crippen LogP contribution in [0.1, 0.15) is 12.0 Å². The first-order valence-corrected chi connectivity index (χ1v) is 7.46. The van der Waals surface area contributed by atoms with Crippen molar-refractivity contribution in [3.8, 4) is 0 Å². The predicted octanol–water partition coefficient (Wildman–Crippen LogP) is 0.679. The second-order valence-electron chi connectivity index (χ2n) is 4.58. The molecule has 2 aliphatic heterocycles. The summed E-state index contributed by atoms with van der Waals surface area (Å²) in [5.41, 5.74) is 0.374. The van der Waals surface area contributed by atoms with Crippen LogP contribution in [0.25, 0.3) is 0 Å². The van der Waals surface area contributed by atoms with Crippen LogP contribution in [0.3, 0.4) is 0 Å². The lowest BCUT2D eigenvalue weighted by Crippen LogP contribution is -2.50. The number of sulfone groups is 1. The highest BCUT2D eigenvalue weighted by Gasteiger charge is 2.43. The summed E-state index contributed by atoms with van der Waals surface area (Å²) in [6, 6.07) is 7.20. The Bertz CT molecular complexity index is 532. The zero-order valence-electron chi connectivity index (χ0n) is 9.48. The molecule has 2 aliphatic rings. The second-order valence-corrected chi connectivity index (χ2v) is 6.66. The lowest BCUT2D eigenvalue weighted by molar-refractivity contribution is -0.0764. The van der Waals surface area contributed by atoms with Crippen LogP contribution >= 0.6 is 0 Å². The number of rotatable bonds is 0. The molecule has 0 amide bonds. The van der Waals surface area contributed by atoms with E-state index in [9.17, 15) is 8.42 Å². The molecule has 17 heavy (non-hydrogen) atoms. The van der Waals surface area contributed by atoms with Crippen molar-refractivity contribution in [1.82, 2.24) is 5.32 Å². The summed E-state index contributed by atoms with van der Waals surface area (Å²) < 4.78 is 29.9. The zero-order chi connectivity index (χ0) is 11.9. The number of hydrogen-bond acceptors (Lipinski definition) is 4. The molecule has 0 aromatic heterocycles. The van der Waals surface area contributed by atoms with E-state index in [0.717, 1.165) is 12.1 Å². The first kappa shape index (κ1) is 11.2. The van der Waals surface area contributed by atoms with Gasteiger partial charge in [0.15, 0.2) is 9.84 Å². The van der Waals surface area contributed by atoms with Gasteiger partial charge in [-0.3, -0.25) is 0 Å². The third-order valence-corrected chi connectivity index (χ3v) is 5.32. The molecule has 92 valence electrons. The third-order valence-electron chi connectivity index (χ3n) is 3.56. The van der Waals surface area contributed by atoms with Gasteiger partial charge in [-0.05, 0) is 12.5 Å². The maximum Gasteiger partial charge on any atom is 0.178 e. The van der Waals surface area contributed by atoms with Gasteiger partial charge in [-0.2, -0.15) is 0 Å². The van der Waals surface area contributed by atoms with Gasteiger partial charge in [0.05, 0.1) is 17.3 Å². The first-order valence-electron chi connectivity index (χ1n) is 5.81. The summed E-state index contributed by atoms with van der Waals surface area (Å²) in [7, 11) is -3.13.